The molecule has 0 aliphatic rings. The molecule has 0 atom stereocenters. The van der Waals surface area contributed by atoms with Gasteiger partial charge < -0.3 is 0 Å². The minimum atomic E-state index is 0.543. The number of anilines is 1. The third-order valence-electron chi connectivity index (χ3n) is 2.10. The van der Waals surface area contributed by atoms with E-state index in [-0.39, 0.29) is 0 Å². The third kappa shape index (κ3) is 2.22. The molecule has 0 bridgehead atoms. The van der Waals surface area contributed by atoms with Gasteiger partial charge in [-0.2, -0.15) is 5.26 Å². The van der Waals surface area contributed by atoms with Gasteiger partial charge in [0.1, 0.15) is 0 Å². The van der Waals surface area contributed by atoms with Crippen LogP contribution in [0.4, 0.5) is 5.69 Å². The summed E-state index contributed by atoms with van der Waals surface area (Å²) < 4.78 is 0. The van der Waals surface area contributed by atoms with E-state index in [4.69, 9.17) is 5.26 Å². The van der Waals surface area contributed by atoms with Crippen LogP contribution < -0.4 is 4.90 Å². The lowest BCUT2D eigenvalue weighted by Crippen LogP contribution is -2.07. The summed E-state index contributed by atoms with van der Waals surface area (Å²) in [6.45, 7) is 4.31. The van der Waals surface area contributed by atoms with Gasteiger partial charge >= 0.3 is 0 Å². The molecule has 0 N–H and O–H groups in total. The molecule has 13 heavy (non-hydrogen) atoms. The Morgan fingerprint density at radius 2 is 1.77 bits per heavy atom. The van der Waals surface area contributed by atoms with E-state index in [2.05, 4.69) is 32.2 Å². The molecule has 2 heteroatoms. The fourth-order valence-electron chi connectivity index (χ4n) is 1.14. The molecular formula is C11H14N2. The Balaban J connectivity index is 2.89. The number of hydrogen-bond donors (Lipinski definition) is 0. The van der Waals surface area contributed by atoms with Gasteiger partial charge in [-0.1, -0.05) is 26.0 Å². The fraction of sp³-hybridized carbons (Fsp3) is 0.364. The highest BCUT2D eigenvalue weighted by atomic mass is 15.1. The van der Waals surface area contributed by atoms with Gasteiger partial charge in [-0.15, -0.1) is 0 Å². The molecule has 0 amide bonds. The van der Waals surface area contributed by atoms with Crippen molar-refractivity contribution >= 4 is 5.69 Å². The summed E-state index contributed by atoms with van der Waals surface area (Å²) in [7, 11) is 1.75. The van der Waals surface area contributed by atoms with E-state index in [1.165, 1.54) is 5.56 Å². The van der Waals surface area contributed by atoms with Crippen LogP contribution >= 0.6 is 0 Å². The average Bonchev–Trinajstić information content (AvgIpc) is 2.17. The molecule has 0 spiro atoms. The van der Waals surface area contributed by atoms with Crippen LogP contribution in [-0.4, -0.2) is 7.05 Å². The van der Waals surface area contributed by atoms with E-state index in [0.717, 1.165) is 5.69 Å². The van der Waals surface area contributed by atoms with Crippen LogP contribution in [-0.2, 0) is 0 Å². The van der Waals surface area contributed by atoms with Crippen LogP contribution in [0, 0.1) is 11.5 Å². The standard InChI is InChI=1S/C11H14N2/c1-9(2)10-4-6-11(7-5-10)13(3)8-12/h4-7,9H,1-3H3. The van der Waals surface area contributed by atoms with Crippen LogP contribution in [0.3, 0.4) is 0 Å². The first-order chi connectivity index (χ1) is 6.15. The van der Waals surface area contributed by atoms with E-state index in [1.54, 1.807) is 11.9 Å². The average molecular weight is 174 g/mol. The van der Waals surface area contributed by atoms with Crippen LogP contribution in [0.25, 0.3) is 0 Å². The largest absolute Gasteiger partial charge is 0.283 e. The lowest BCUT2D eigenvalue weighted by Gasteiger charge is -2.10. The van der Waals surface area contributed by atoms with Gasteiger partial charge in [0.2, 0.25) is 0 Å². The molecule has 0 saturated carbocycles. The van der Waals surface area contributed by atoms with Gasteiger partial charge in [-0.05, 0) is 23.6 Å². The van der Waals surface area contributed by atoms with Crippen LogP contribution in [0.2, 0.25) is 0 Å². The van der Waals surface area contributed by atoms with Crippen molar-refractivity contribution in [1.29, 1.82) is 5.26 Å². The molecular weight excluding hydrogens is 160 g/mol. The lowest BCUT2D eigenvalue weighted by molar-refractivity contribution is 0.866. The van der Waals surface area contributed by atoms with Crippen molar-refractivity contribution in [3.05, 3.63) is 29.8 Å². The maximum absolute atomic E-state index is 8.64. The normalized spacial score (nSPS) is 9.77. The molecule has 0 aliphatic heterocycles. The van der Waals surface area contributed by atoms with Crippen molar-refractivity contribution in [2.24, 2.45) is 0 Å². The zero-order valence-electron chi connectivity index (χ0n) is 8.28. The number of rotatable bonds is 2. The van der Waals surface area contributed by atoms with Gasteiger partial charge in [0.05, 0.1) is 5.69 Å². The Hall–Kier alpha value is -1.49. The quantitative estimate of drug-likeness (QED) is 0.509. The van der Waals surface area contributed by atoms with E-state index < -0.39 is 0 Å². The zero-order chi connectivity index (χ0) is 9.84. The number of nitrogens with zero attached hydrogens (tertiary/aromatic N) is 2. The highest BCUT2D eigenvalue weighted by Crippen LogP contribution is 2.18. The molecule has 0 saturated heterocycles. The topological polar surface area (TPSA) is 27.0 Å². The first kappa shape index (κ1) is 9.60. The SMILES string of the molecule is CC(C)c1ccc(N(C)C#N)cc1. The predicted octanol–water partition coefficient (Wildman–Crippen LogP) is 2.73. The van der Waals surface area contributed by atoms with Crippen LogP contribution in [0.5, 0.6) is 0 Å². The Bertz CT molecular complexity index is 306. The summed E-state index contributed by atoms with van der Waals surface area (Å²) in [6, 6.07) is 8.07. The van der Waals surface area contributed by atoms with Crippen LogP contribution in [0.15, 0.2) is 24.3 Å². The second-order valence-corrected chi connectivity index (χ2v) is 3.41. The Morgan fingerprint density at radius 1 is 1.23 bits per heavy atom. The summed E-state index contributed by atoms with van der Waals surface area (Å²) in [5.74, 6) is 0.543. The third-order valence-corrected chi connectivity index (χ3v) is 2.10. The second-order valence-electron chi connectivity index (χ2n) is 3.41. The van der Waals surface area contributed by atoms with E-state index in [0.29, 0.717) is 5.92 Å². The molecule has 2 nitrogen and oxygen atoms in total. The molecule has 1 rings (SSSR count). The smallest absolute Gasteiger partial charge is 0.183 e. The van der Waals surface area contributed by atoms with E-state index in [9.17, 15) is 0 Å². The highest BCUT2D eigenvalue weighted by Gasteiger charge is 2.00. The Kier molecular flexibility index (Phi) is 2.92. The number of benzene rings is 1. The van der Waals surface area contributed by atoms with Gasteiger partial charge in [0, 0.05) is 7.05 Å². The summed E-state index contributed by atoms with van der Waals surface area (Å²) >= 11 is 0. The maximum atomic E-state index is 8.64. The van der Waals surface area contributed by atoms with Crippen molar-refractivity contribution < 1.29 is 0 Å². The predicted molar refractivity (Wildman–Crippen MR) is 54.5 cm³/mol. The first-order valence-corrected chi connectivity index (χ1v) is 4.38. The van der Waals surface area contributed by atoms with Crippen molar-refractivity contribution in [2.45, 2.75) is 19.8 Å². The van der Waals surface area contributed by atoms with Crippen LogP contribution in [0.1, 0.15) is 25.3 Å². The molecule has 0 radical (unpaired) electrons. The molecule has 1 aromatic rings. The van der Waals surface area contributed by atoms with Gasteiger partial charge in [0.25, 0.3) is 0 Å². The van der Waals surface area contributed by atoms with Crippen molar-refractivity contribution in [2.75, 3.05) is 11.9 Å². The molecule has 1 aromatic carbocycles. The summed E-state index contributed by atoms with van der Waals surface area (Å²) in [5, 5.41) is 8.64. The molecule has 0 unspecified atom stereocenters. The number of nitriles is 1. The Labute approximate surface area is 79.4 Å². The zero-order valence-corrected chi connectivity index (χ0v) is 8.28. The molecule has 0 fully saturated rings. The lowest BCUT2D eigenvalue weighted by atomic mass is 10.0. The van der Waals surface area contributed by atoms with E-state index >= 15 is 0 Å². The van der Waals surface area contributed by atoms with Gasteiger partial charge in [-0.25, -0.2) is 0 Å². The first-order valence-electron chi connectivity index (χ1n) is 4.38. The monoisotopic (exact) mass is 174 g/mol. The minimum absolute atomic E-state index is 0.543. The van der Waals surface area contributed by atoms with Crippen molar-refractivity contribution in [1.82, 2.24) is 0 Å². The minimum Gasteiger partial charge on any atom is -0.283 e. The summed E-state index contributed by atoms with van der Waals surface area (Å²) in [6.07, 6.45) is 2.06. The summed E-state index contributed by atoms with van der Waals surface area (Å²) in [4.78, 5) is 1.55. The molecule has 68 valence electrons. The second kappa shape index (κ2) is 3.95. The van der Waals surface area contributed by atoms with Gasteiger partial charge in [0.15, 0.2) is 6.19 Å². The Morgan fingerprint density at radius 3 is 2.15 bits per heavy atom. The summed E-state index contributed by atoms with van der Waals surface area (Å²) in [5.41, 5.74) is 2.24. The fourth-order valence-corrected chi connectivity index (χ4v) is 1.14. The molecule has 0 aromatic heterocycles. The maximum Gasteiger partial charge on any atom is 0.183 e. The highest BCUT2D eigenvalue weighted by molar-refractivity contribution is 5.50. The molecule has 0 aliphatic carbocycles. The number of hydrogen-bond acceptors (Lipinski definition) is 2. The van der Waals surface area contributed by atoms with Crippen molar-refractivity contribution in [3.8, 4) is 6.19 Å². The van der Waals surface area contributed by atoms with Crippen molar-refractivity contribution in [3.63, 3.8) is 0 Å². The molecule has 0 heterocycles. The van der Waals surface area contributed by atoms with Gasteiger partial charge in [-0.3, -0.25) is 4.90 Å². The van der Waals surface area contributed by atoms with E-state index in [1.807, 2.05) is 12.1 Å².